The summed E-state index contributed by atoms with van der Waals surface area (Å²) >= 11 is 2.95. The molecule has 1 amide bonds. The maximum atomic E-state index is 14.6. The summed E-state index contributed by atoms with van der Waals surface area (Å²) in [7, 11) is 0. The number of rotatable bonds is 4. The van der Waals surface area contributed by atoms with Gasteiger partial charge in [-0.15, -0.1) is 0 Å². The molecule has 4 rings (SSSR count). The van der Waals surface area contributed by atoms with Gasteiger partial charge in [0.25, 0.3) is 0 Å². The molecule has 152 valence electrons. The number of fused-ring (bicyclic) bond motifs is 1. The molecule has 0 spiro atoms. The van der Waals surface area contributed by atoms with Crippen molar-refractivity contribution in [3.63, 3.8) is 0 Å². The fourth-order valence-electron chi connectivity index (χ4n) is 3.05. The van der Waals surface area contributed by atoms with Crippen molar-refractivity contribution in [3.05, 3.63) is 82.6 Å². The molecule has 0 aliphatic carbocycles. The Kier molecular flexibility index (Phi) is 5.50. The molecule has 8 heteroatoms. The van der Waals surface area contributed by atoms with Crippen LogP contribution in [0.5, 0.6) is 0 Å². The number of benzene rings is 2. The lowest BCUT2D eigenvalue weighted by atomic mass is 10.1. The van der Waals surface area contributed by atoms with Crippen LogP contribution in [0.4, 0.5) is 19.3 Å². The van der Waals surface area contributed by atoms with E-state index in [1.807, 2.05) is 30.3 Å². The maximum Gasteiger partial charge on any atom is 0.412 e. The number of anilines is 1. The second kappa shape index (κ2) is 8.23. The number of aromatic nitrogens is 1. The van der Waals surface area contributed by atoms with Crippen molar-refractivity contribution in [2.45, 2.75) is 13.0 Å². The Labute approximate surface area is 178 Å². The van der Waals surface area contributed by atoms with Gasteiger partial charge in [0.15, 0.2) is 11.3 Å². The van der Waals surface area contributed by atoms with Crippen molar-refractivity contribution in [2.75, 3.05) is 5.32 Å². The molecular formula is C22H15BrF2N2O3. The molecule has 1 N–H and O–H groups in total. The highest BCUT2D eigenvalue weighted by molar-refractivity contribution is 9.10. The molecule has 0 saturated heterocycles. The Morgan fingerprint density at radius 1 is 1.17 bits per heavy atom. The number of furan rings is 1. The van der Waals surface area contributed by atoms with E-state index in [1.165, 1.54) is 12.4 Å². The van der Waals surface area contributed by atoms with Gasteiger partial charge in [0.1, 0.15) is 17.7 Å². The first kappa shape index (κ1) is 20.0. The van der Waals surface area contributed by atoms with Gasteiger partial charge in [-0.2, -0.15) is 0 Å². The fraction of sp³-hybridized carbons (Fsp3) is 0.0909. The van der Waals surface area contributed by atoms with E-state index in [1.54, 1.807) is 13.0 Å². The van der Waals surface area contributed by atoms with Crippen LogP contribution in [-0.4, -0.2) is 11.1 Å². The second-order valence-corrected chi connectivity index (χ2v) is 7.36. The van der Waals surface area contributed by atoms with E-state index in [0.717, 1.165) is 17.7 Å². The number of halogens is 3. The summed E-state index contributed by atoms with van der Waals surface area (Å²) in [6.45, 7) is 1.73. The molecule has 0 aliphatic heterocycles. The Bertz CT molecular complexity index is 1230. The molecule has 0 unspecified atom stereocenters. The summed E-state index contributed by atoms with van der Waals surface area (Å²) in [5, 5.41) is 3.09. The number of hydrogen-bond acceptors (Lipinski definition) is 4. The Balaban J connectivity index is 1.71. The maximum absolute atomic E-state index is 14.6. The molecule has 2 aromatic carbocycles. The van der Waals surface area contributed by atoms with E-state index < -0.39 is 23.8 Å². The molecule has 0 saturated carbocycles. The summed E-state index contributed by atoms with van der Waals surface area (Å²) in [5.74, 6) is -1.42. The highest BCUT2D eigenvalue weighted by Gasteiger charge is 2.23. The average molecular weight is 473 g/mol. The number of hydrogen-bond donors (Lipinski definition) is 1. The van der Waals surface area contributed by atoms with Crippen LogP contribution in [0.1, 0.15) is 18.6 Å². The minimum absolute atomic E-state index is 0.0212. The molecule has 30 heavy (non-hydrogen) atoms. The van der Waals surface area contributed by atoms with Crippen molar-refractivity contribution in [3.8, 4) is 11.3 Å². The molecule has 4 aromatic rings. The summed E-state index contributed by atoms with van der Waals surface area (Å²) in [6, 6.07) is 12.8. The first-order valence-electron chi connectivity index (χ1n) is 8.98. The van der Waals surface area contributed by atoms with Gasteiger partial charge in [-0.1, -0.05) is 30.3 Å². The SMILES string of the molecule is C[C@@H](OC(=O)Nc1c(-c2cc(F)c(Br)cc2F)oc2cnccc12)c1ccccc1. The predicted molar refractivity (Wildman–Crippen MR) is 112 cm³/mol. The van der Waals surface area contributed by atoms with Gasteiger partial charge in [-0.25, -0.2) is 13.6 Å². The summed E-state index contributed by atoms with van der Waals surface area (Å²) in [4.78, 5) is 16.5. The quantitative estimate of drug-likeness (QED) is 0.330. The number of pyridine rings is 1. The van der Waals surface area contributed by atoms with Crippen molar-refractivity contribution in [2.24, 2.45) is 0 Å². The zero-order valence-electron chi connectivity index (χ0n) is 15.7. The smallest absolute Gasteiger partial charge is 0.412 e. The Morgan fingerprint density at radius 2 is 1.93 bits per heavy atom. The van der Waals surface area contributed by atoms with Crippen LogP contribution in [0.3, 0.4) is 0 Å². The third-order valence-corrected chi connectivity index (χ3v) is 5.14. The molecule has 2 aromatic heterocycles. The van der Waals surface area contributed by atoms with Crippen LogP contribution in [-0.2, 0) is 4.74 Å². The lowest BCUT2D eigenvalue weighted by Crippen LogP contribution is -2.16. The zero-order chi connectivity index (χ0) is 21.3. The van der Waals surface area contributed by atoms with Gasteiger partial charge in [0, 0.05) is 11.6 Å². The van der Waals surface area contributed by atoms with Crippen molar-refractivity contribution >= 4 is 38.7 Å². The van der Waals surface area contributed by atoms with Crippen molar-refractivity contribution in [1.82, 2.24) is 4.98 Å². The number of amides is 1. The van der Waals surface area contributed by atoms with Crippen LogP contribution in [0.2, 0.25) is 0 Å². The number of nitrogens with one attached hydrogen (secondary N) is 1. The fourth-order valence-corrected chi connectivity index (χ4v) is 3.36. The third-order valence-electron chi connectivity index (χ3n) is 4.53. The van der Waals surface area contributed by atoms with Crippen LogP contribution >= 0.6 is 15.9 Å². The second-order valence-electron chi connectivity index (χ2n) is 6.51. The highest BCUT2D eigenvalue weighted by Crippen LogP contribution is 2.40. The number of carbonyl (C=O) groups is 1. The van der Waals surface area contributed by atoms with Crippen LogP contribution in [0.15, 0.2) is 69.8 Å². The standard InChI is InChI=1S/C22H15BrF2N2O3/c1-12(13-5-3-2-4-6-13)29-22(28)27-20-14-7-8-26-11-19(14)30-21(20)15-9-18(25)16(23)10-17(15)24/h2-12H,1H3,(H,27,28)/t12-/m1/s1. The zero-order valence-corrected chi connectivity index (χ0v) is 17.2. The highest BCUT2D eigenvalue weighted by atomic mass is 79.9. The van der Waals surface area contributed by atoms with Crippen LogP contribution < -0.4 is 5.32 Å². The normalized spacial score (nSPS) is 12.0. The summed E-state index contributed by atoms with van der Waals surface area (Å²) in [6.07, 6.45) is 1.65. The van der Waals surface area contributed by atoms with Crippen LogP contribution in [0, 0.1) is 11.6 Å². The summed E-state index contributed by atoms with van der Waals surface area (Å²) < 4.78 is 39.8. The summed E-state index contributed by atoms with van der Waals surface area (Å²) in [5.41, 5.74) is 1.15. The van der Waals surface area contributed by atoms with Gasteiger partial charge >= 0.3 is 6.09 Å². The van der Waals surface area contributed by atoms with Gasteiger partial charge in [0.2, 0.25) is 0 Å². The van der Waals surface area contributed by atoms with E-state index in [-0.39, 0.29) is 21.5 Å². The van der Waals surface area contributed by atoms with Gasteiger partial charge < -0.3 is 9.15 Å². The lowest BCUT2D eigenvalue weighted by molar-refractivity contribution is 0.121. The van der Waals surface area contributed by atoms with Gasteiger partial charge in [0.05, 0.1) is 21.9 Å². The van der Waals surface area contributed by atoms with Crippen LogP contribution in [0.25, 0.3) is 22.3 Å². The molecular weight excluding hydrogens is 458 g/mol. The molecule has 0 bridgehead atoms. The predicted octanol–water partition coefficient (Wildman–Crippen LogP) is 6.85. The van der Waals surface area contributed by atoms with E-state index in [9.17, 15) is 13.6 Å². The van der Waals surface area contributed by atoms with E-state index in [0.29, 0.717) is 11.0 Å². The van der Waals surface area contributed by atoms with E-state index >= 15 is 0 Å². The number of carbonyl (C=O) groups excluding carboxylic acids is 1. The van der Waals surface area contributed by atoms with E-state index in [2.05, 4.69) is 26.2 Å². The van der Waals surface area contributed by atoms with Gasteiger partial charge in [-0.3, -0.25) is 10.3 Å². The molecule has 0 radical (unpaired) electrons. The first-order valence-corrected chi connectivity index (χ1v) is 9.77. The molecule has 2 heterocycles. The van der Waals surface area contributed by atoms with Gasteiger partial charge in [-0.05, 0) is 46.6 Å². The Hall–Kier alpha value is -3.26. The number of ether oxygens (including phenoxy) is 1. The molecule has 5 nitrogen and oxygen atoms in total. The van der Waals surface area contributed by atoms with E-state index in [4.69, 9.17) is 9.15 Å². The average Bonchev–Trinajstić information content (AvgIpc) is 3.09. The minimum atomic E-state index is -0.759. The monoisotopic (exact) mass is 472 g/mol. The number of nitrogens with zero attached hydrogens (tertiary/aromatic N) is 1. The molecule has 0 aliphatic rings. The van der Waals surface area contributed by atoms with Crippen molar-refractivity contribution in [1.29, 1.82) is 0 Å². The largest absolute Gasteiger partial charge is 0.452 e. The molecule has 0 fully saturated rings. The Morgan fingerprint density at radius 3 is 2.70 bits per heavy atom. The lowest BCUT2D eigenvalue weighted by Gasteiger charge is -2.14. The first-order chi connectivity index (χ1) is 14.4. The third kappa shape index (κ3) is 3.91. The van der Waals surface area contributed by atoms with Crippen molar-refractivity contribution < 1.29 is 22.7 Å². The minimum Gasteiger partial charge on any atom is -0.452 e. The molecule has 1 atom stereocenters. The topological polar surface area (TPSA) is 64.4 Å².